The van der Waals surface area contributed by atoms with Crippen LogP contribution in [0.15, 0.2) is 0 Å². The molecule has 0 aromatic heterocycles. The highest BCUT2D eigenvalue weighted by Crippen LogP contribution is 2.10. The van der Waals surface area contributed by atoms with Crippen LogP contribution < -0.4 is 5.14 Å². The van der Waals surface area contributed by atoms with Crippen LogP contribution in [-0.4, -0.2) is 37.0 Å². The van der Waals surface area contributed by atoms with Gasteiger partial charge in [-0.05, 0) is 12.8 Å². The molecule has 0 saturated heterocycles. The second-order valence-electron chi connectivity index (χ2n) is 2.85. The third-order valence-electron chi connectivity index (χ3n) is 2.00. The van der Waals surface area contributed by atoms with Crippen LogP contribution in [0.1, 0.15) is 26.7 Å². The minimum absolute atomic E-state index is 0.0746. The molecule has 0 bridgehead atoms. The first kappa shape index (κ1) is 12.8. The number of nitrogens with two attached hydrogens (primary N) is 1. The molecule has 0 aromatic carbocycles. The molecule has 0 atom stereocenters. The van der Waals surface area contributed by atoms with Crippen LogP contribution in [0.3, 0.4) is 0 Å². The highest BCUT2D eigenvalue weighted by atomic mass is 32.2. The molecule has 0 heterocycles. The molecule has 80 valence electrons. The van der Waals surface area contributed by atoms with Gasteiger partial charge in [-0.2, -0.15) is 12.7 Å². The maximum absolute atomic E-state index is 11.1. The van der Waals surface area contributed by atoms with E-state index >= 15 is 0 Å². The van der Waals surface area contributed by atoms with E-state index in [1.807, 2.05) is 13.8 Å². The van der Waals surface area contributed by atoms with Gasteiger partial charge in [0.2, 0.25) is 0 Å². The van der Waals surface area contributed by atoms with Crippen molar-refractivity contribution in [2.75, 3.05) is 13.2 Å². The van der Waals surface area contributed by atoms with Crippen molar-refractivity contribution in [1.29, 1.82) is 0 Å². The SMILES string of the molecule is CCC(CC)N(CCO)S(N)(=O)=O. The lowest BCUT2D eigenvalue weighted by atomic mass is 10.2. The topological polar surface area (TPSA) is 83.6 Å². The van der Waals surface area contributed by atoms with Crippen LogP contribution in [0.5, 0.6) is 0 Å². The average molecular weight is 210 g/mol. The van der Waals surface area contributed by atoms with Crippen LogP contribution in [0.25, 0.3) is 0 Å². The Balaban J connectivity index is 4.58. The maximum Gasteiger partial charge on any atom is 0.277 e. The molecule has 3 N–H and O–H groups in total. The van der Waals surface area contributed by atoms with Crippen molar-refractivity contribution < 1.29 is 13.5 Å². The predicted octanol–water partition coefficient (Wildman–Crippen LogP) is -0.327. The monoisotopic (exact) mass is 210 g/mol. The highest BCUT2D eigenvalue weighted by Gasteiger charge is 2.23. The minimum atomic E-state index is -3.68. The second kappa shape index (κ2) is 5.54. The highest BCUT2D eigenvalue weighted by molar-refractivity contribution is 7.86. The summed E-state index contributed by atoms with van der Waals surface area (Å²) in [6, 6.07) is -0.109. The van der Waals surface area contributed by atoms with E-state index in [9.17, 15) is 8.42 Å². The number of rotatable bonds is 6. The Kier molecular flexibility index (Phi) is 5.46. The van der Waals surface area contributed by atoms with Crippen molar-refractivity contribution in [3.8, 4) is 0 Å². The molecule has 0 rings (SSSR count). The summed E-state index contributed by atoms with van der Waals surface area (Å²) in [7, 11) is -3.68. The molecule has 5 nitrogen and oxygen atoms in total. The van der Waals surface area contributed by atoms with E-state index in [0.717, 1.165) is 4.31 Å². The first-order chi connectivity index (χ1) is 5.97. The zero-order valence-electron chi connectivity index (χ0n) is 8.10. The largest absolute Gasteiger partial charge is 0.395 e. The van der Waals surface area contributed by atoms with Gasteiger partial charge in [0, 0.05) is 12.6 Å². The summed E-state index contributed by atoms with van der Waals surface area (Å²) in [5.74, 6) is 0. The van der Waals surface area contributed by atoms with E-state index in [0.29, 0.717) is 12.8 Å². The summed E-state index contributed by atoms with van der Waals surface area (Å²) in [6.07, 6.45) is 1.40. The molecule has 0 saturated carbocycles. The van der Waals surface area contributed by atoms with Gasteiger partial charge in [0.1, 0.15) is 0 Å². The van der Waals surface area contributed by atoms with Crippen molar-refractivity contribution in [2.24, 2.45) is 5.14 Å². The number of nitrogens with zero attached hydrogens (tertiary/aromatic N) is 1. The molecular weight excluding hydrogens is 192 g/mol. The molecule has 0 fully saturated rings. The Bertz CT molecular complexity index is 224. The molecule has 13 heavy (non-hydrogen) atoms. The van der Waals surface area contributed by atoms with Crippen molar-refractivity contribution >= 4 is 10.2 Å². The van der Waals surface area contributed by atoms with Crippen LogP contribution in [0, 0.1) is 0 Å². The summed E-state index contributed by atoms with van der Waals surface area (Å²) in [5.41, 5.74) is 0. The predicted molar refractivity (Wildman–Crippen MR) is 51.3 cm³/mol. The Morgan fingerprint density at radius 3 is 2.08 bits per heavy atom. The number of hydrogen-bond donors (Lipinski definition) is 2. The number of aliphatic hydroxyl groups excluding tert-OH is 1. The lowest BCUT2D eigenvalue weighted by Crippen LogP contribution is -2.45. The summed E-state index contributed by atoms with van der Waals surface area (Å²) in [5, 5.41) is 13.7. The third-order valence-corrected chi connectivity index (χ3v) is 3.13. The Labute approximate surface area is 79.7 Å². The van der Waals surface area contributed by atoms with Crippen LogP contribution in [0.2, 0.25) is 0 Å². The second-order valence-corrected chi connectivity index (χ2v) is 4.35. The van der Waals surface area contributed by atoms with E-state index < -0.39 is 10.2 Å². The normalized spacial score (nSPS) is 12.8. The summed E-state index contributed by atoms with van der Waals surface area (Å²) in [4.78, 5) is 0. The molecule has 0 aromatic rings. The van der Waals surface area contributed by atoms with E-state index in [4.69, 9.17) is 10.2 Å². The van der Waals surface area contributed by atoms with Gasteiger partial charge in [0.15, 0.2) is 0 Å². The molecule has 0 radical (unpaired) electrons. The van der Waals surface area contributed by atoms with Gasteiger partial charge in [-0.1, -0.05) is 13.8 Å². The van der Waals surface area contributed by atoms with Gasteiger partial charge >= 0.3 is 0 Å². The molecule has 0 aliphatic rings. The Morgan fingerprint density at radius 1 is 1.38 bits per heavy atom. The first-order valence-corrected chi connectivity index (χ1v) is 5.88. The fraction of sp³-hybridized carbons (Fsp3) is 1.00. The van der Waals surface area contributed by atoms with Gasteiger partial charge in [0.05, 0.1) is 6.61 Å². The molecule has 0 spiro atoms. The standard InChI is InChI=1S/C7H18N2O3S/c1-3-7(4-2)9(5-6-10)13(8,11)12/h7,10H,3-6H2,1-2H3,(H2,8,11,12). The van der Waals surface area contributed by atoms with Crippen LogP contribution in [-0.2, 0) is 10.2 Å². The average Bonchev–Trinajstić information content (AvgIpc) is 2.03. The van der Waals surface area contributed by atoms with Gasteiger partial charge in [-0.25, -0.2) is 5.14 Å². The number of aliphatic hydroxyl groups is 1. The minimum Gasteiger partial charge on any atom is -0.395 e. The van der Waals surface area contributed by atoms with E-state index in [1.54, 1.807) is 0 Å². The van der Waals surface area contributed by atoms with E-state index in [-0.39, 0.29) is 19.2 Å². The van der Waals surface area contributed by atoms with Crippen LogP contribution in [0.4, 0.5) is 0 Å². The third kappa shape index (κ3) is 4.04. The smallest absolute Gasteiger partial charge is 0.277 e. The van der Waals surface area contributed by atoms with Gasteiger partial charge in [-0.15, -0.1) is 0 Å². The van der Waals surface area contributed by atoms with Crippen molar-refractivity contribution in [2.45, 2.75) is 32.7 Å². The fourth-order valence-electron chi connectivity index (χ4n) is 1.31. The fourth-order valence-corrected chi connectivity index (χ4v) is 2.36. The molecular formula is C7H18N2O3S. The van der Waals surface area contributed by atoms with Gasteiger partial charge in [0.25, 0.3) is 10.2 Å². The Morgan fingerprint density at radius 2 is 1.85 bits per heavy atom. The summed E-state index contributed by atoms with van der Waals surface area (Å²) < 4.78 is 23.3. The molecule has 0 aliphatic carbocycles. The van der Waals surface area contributed by atoms with Crippen molar-refractivity contribution in [3.05, 3.63) is 0 Å². The summed E-state index contributed by atoms with van der Waals surface area (Å²) in [6.45, 7) is 3.66. The summed E-state index contributed by atoms with van der Waals surface area (Å²) >= 11 is 0. The van der Waals surface area contributed by atoms with E-state index in [1.165, 1.54) is 0 Å². The first-order valence-electron chi connectivity index (χ1n) is 4.37. The van der Waals surface area contributed by atoms with Crippen molar-refractivity contribution in [3.63, 3.8) is 0 Å². The van der Waals surface area contributed by atoms with Crippen LogP contribution >= 0.6 is 0 Å². The van der Waals surface area contributed by atoms with E-state index in [2.05, 4.69) is 0 Å². The lowest BCUT2D eigenvalue weighted by Gasteiger charge is -2.26. The van der Waals surface area contributed by atoms with Gasteiger partial charge < -0.3 is 5.11 Å². The van der Waals surface area contributed by atoms with Crippen molar-refractivity contribution in [1.82, 2.24) is 4.31 Å². The maximum atomic E-state index is 11.1. The zero-order chi connectivity index (χ0) is 10.5. The lowest BCUT2D eigenvalue weighted by molar-refractivity contribution is 0.220. The Hall–Kier alpha value is -0.170. The zero-order valence-corrected chi connectivity index (χ0v) is 8.92. The molecule has 0 amide bonds. The number of hydrogen-bond acceptors (Lipinski definition) is 3. The molecule has 0 aliphatic heterocycles. The molecule has 6 heteroatoms. The quantitative estimate of drug-likeness (QED) is 0.630. The van der Waals surface area contributed by atoms with Gasteiger partial charge in [-0.3, -0.25) is 0 Å². The molecule has 0 unspecified atom stereocenters.